The van der Waals surface area contributed by atoms with E-state index in [0.29, 0.717) is 5.39 Å². The van der Waals surface area contributed by atoms with E-state index in [0.717, 1.165) is 53.5 Å². The smallest absolute Gasteiger partial charge is 0.256 e. The Labute approximate surface area is 245 Å². The fourth-order valence-electron chi connectivity index (χ4n) is 5.20. The van der Waals surface area contributed by atoms with Gasteiger partial charge in [-0.25, -0.2) is 0 Å². The second-order valence-electron chi connectivity index (χ2n) is 10.5. The van der Waals surface area contributed by atoms with Crippen LogP contribution in [-0.2, 0) is 9.87 Å². The Morgan fingerprint density at radius 3 is 2.38 bits per heavy atom. The minimum atomic E-state index is -0.461. The molecule has 0 aliphatic heterocycles. The lowest BCUT2D eigenvalue weighted by atomic mass is 9.81. The number of halogens is 1. The minimum absolute atomic E-state index is 0.0155. The zero-order valence-electron chi connectivity index (χ0n) is 22.5. The van der Waals surface area contributed by atoms with Crippen LogP contribution in [0.5, 0.6) is 0 Å². The number of H-pyrrole nitrogens is 1. The summed E-state index contributed by atoms with van der Waals surface area (Å²) >= 11 is 2.29. The minimum Gasteiger partial charge on any atom is -0.321 e. The average molecular weight is 625 g/mol. The highest BCUT2D eigenvalue weighted by molar-refractivity contribution is 14.1. The molecule has 39 heavy (non-hydrogen) atoms. The molecule has 0 bridgehead atoms. The molecule has 0 saturated carbocycles. The first kappa shape index (κ1) is 27.6. The summed E-state index contributed by atoms with van der Waals surface area (Å²) in [7, 11) is 8.63. The number of benzene rings is 4. The maximum absolute atomic E-state index is 12.6. The summed E-state index contributed by atoms with van der Waals surface area (Å²) in [5, 5.41) is 6.55. The molecule has 0 aliphatic rings. The summed E-state index contributed by atoms with van der Waals surface area (Å²) in [4.78, 5) is 18.0. The molecule has 2 N–H and O–H groups in total. The predicted molar refractivity (Wildman–Crippen MR) is 173 cm³/mol. The molecule has 2 unspecified atom stereocenters. The van der Waals surface area contributed by atoms with E-state index in [4.69, 9.17) is 7.85 Å². The first-order valence-electron chi connectivity index (χ1n) is 13.4. The molecule has 2 atom stereocenters. The van der Waals surface area contributed by atoms with Gasteiger partial charge in [0.05, 0.1) is 13.9 Å². The molecule has 1 aromatic heterocycles. The van der Waals surface area contributed by atoms with Gasteiger partial charge in [0.25, 0.3) is 5.56 Å². The number of aromatic nitrogens is 1. The van der Waals surface area contributed by atoms with Gasteiger partial charge >= 0.3 is 0 Å². The Morgan fingerprint density at radius 2 is 1.62 bits per heavy atom. The standard InChI is InChI=1S/C33H33BIN3O/c1-33(34,35)26-13-8-12-24(20-26)31(36-18-9-19-38(2)22-23-10-4-3-5-11-23)25-16-17-30-29(21-25)27-14-6-7-15-28(27)32(39)37-30/h3-8,10-17,20-21,31,36H,9,18-19,22H2,1-2H3,(H,37,39). The van der Waals surface area contributed by atoms with Crippen molar-refractivity contribution in [2.75, 3.05) is 20.1 Å². The highest BCUT2D eigenvalue weighted by Crippen LogP contribution is 2.32. The van der Waals surface area contributed by atoms with Crippen molar-refractivity contribution < 1.29 is 0 Å². The second kappa shape index (κ2) is 12.1. The van der Waals surface area contributed by atoms with Crippen LogP contribution >= 0.6 is 22.6 Å². The van der Waals surface area contributed by atoms with Crippen molar-refractivity contribution >= 4 is 52.1 Å². The lowest BCUT2D eigenvalue weighted by molar-refractivity contribution is 0.318. The van der Waals surface area contributed by atoms with Crippen LogP contribution in [0, 0.1) is 0 Å². The Hall–Kier alpha value is -2.94. The molecular weight excluding hydrogens is 592 g/mol. The normalized spacial score (nSPS) is 14.1. The maximum atomic E-state index is 12.6. The fourth-order valence-corrected chi connectivity index (χ4v) is 5.53. The van der Waals surface area contributed by atoms with Gasteiger partial charge in [-0.05, 0) is 72.4 Å². The summed E-state index contributed by atoms with van der Waals surface area (Å²) in [6.07, 6.45) is 1.02. The number of hydrogen-bond donors (Lipinski definition) is 2. The second-order valence-corrected chi connectivity index (χ2v) is 12.7. The molecule has 5 rings (SSSR count). The SMILES string of the molecule is [B]C(C)(I)c1cccc(C(NCCCN(C)Cc2ccccc2)c2ccc3[nH]c(=O)c4ccccc4c3c2)c1. The van der Waals surface area contributed by atoms with Gasteiger partial charge in [-0.15, -0.1) is 0 Å². The molecule has 196 valence electrons. The predicted octanol–water partition coefficient (Wildman–Crippen LogP) is 6.66. The molecule has 2 radical (unpaired) electrons. The van der Waals surface area contributed by atoms with Crippen molar-refractivity contribution in [1.29, 1.82) is 0 Å². The van der Waals surface area contributed by atoms with E-state index in [2.05, 4.69) is 112 Å². The number of aromatic amines is 1. The summed E-state index contributed by atoms with van der Waals surface area (Å²) < 4.78 is -0.461. The van der Waals surface area contributed by atoms with Crippen LogP contribution in [0.15, 0.2) is 102 Å². The molecule has 0 fully saturated rings. The number of nitrogens with one attached hydrogen (secondary N) is 2. The van der Waals surface area contributed by atoms with Gasteiger partial charge in [-0.2, -0.15) is 0 Å². The van der Waals surface area contributed by atoms with Crippen molar-refractivity contribution in [3.05, 3.63) is 130 Å². The zero-order chi connectivity index (χ0) is 27.4. The van der Waals surface area contributed by atoms with E-state index < -0.39 is 3.32 Å². The zero-order valence-corrected chi connectivity index (χ0v) is 24.6. The third-order valence-electron chi connectivity index (χ3n) is 7.23. The molecule has 0 spiro atoms. The topological polar surface area (TPSA) is 48.1 Å². The van der Waals surface area contributed by atoms with E-state index in [-0.39, 0.29) is 11.6 Å². The molecular formula is C33H33BIN3O. The quantitative estimate of drug-likeness (QED) is 0.0601. The highest BCUT2D eigenvalue weighted by Gasteiger charge is 2.20. The van der Waals surface area contributed by atoms with Crippen LogP contribution in [0.4, 0.5) is 0 Å². The first-order chi connectivity index (χ1) is 18.8. The molecule has 0 amide bonds. The summed E-state index contributed by atoms with van der Waals surface area (Å²) in [6.45, 7) is 4.82. The van der Waals surface area contributed by atoms with E-state index in [9.17, 15) is 4.79 Å². The van der Waals surface area contributed by atoms with E-state index in [1.54, 1.807) is 0 Å². The lowest BCUT2D eigenvalue weighted by Gasteiger charge is -2.24. The van der Waals surface area contributed by atoms with Gasteiger partial charge in [-0.3, -0.25) is 4.79 Å². The van der Waals surface area contributed by atoms with Crippen LogP contribution in [0.2, 0.25) is 0 Å². The monoisotopic (exact) mass is 625 g/mol. The van der Waals surface area contributed by atoms with Gasteiger partial charge in [0.15, 0.2) is 0 Å². The van der Waals surface area contributed by atoms with Crippen molar-refractivity contribution in [3.8, 4) is 0 Å². The van der Waals surface area contributed by atoms with Gasteiger partial charge < -0.3 is 15.2 Å². The number of hydrogen-bond acceptors (Lipinski definition) is 3. The van der Waals surface area contributed by atoms with E-state index >= 15 is 0 Å². The largest absolute Gasteiger partial charge is 0.321 e. The van der Waals surface area contributed by atoms with Gasteiger partial charge in [0.1, 0.15) is 0 Å². The Bertz CT molecular complexity index is 1630. The van der Waals surface area contributed by atoms with Crippen LogP contribution < -0.4 is 10.9 Å². The number of nitrogens with zero attached hydrogens (tertiary/aromatic N) is 1. The number of fused-ring (bicyclic) bond motifs is 3. The number of pyridine rings is 1. The van der Waals surface area contributed by atoms with E-state index in [1.807, 2.05) is 37.3 Å². The summed E-state index contributed by atoms with van der Waals surface area (Å²) in [5.74, 6) is 0. The third-order valence-corrected chi connectivity index (χ3v) is 7.85. The van der Waals surface area contributed by atoms with Crippen LogP contribution in [-0.4, -0.2) is 37.9 Å². The molecule has 0 aliphatic carbocycles. The third kappa shape index (κ3) is 6.63. The van der Waals surface area contributed by atoms with Crippen molar-refractivity contribution in [3.63, 3.8) is 0 Å². The fraction of sp³-hybridized carbons (Fsp3) is 0.242. The lowest BCUT2D eigenvalue weighted by Crippen LogP contribution is -2.27. The number of rotatable bonds is 10. The maximum Gasteiger partial charge on any atom is 0.256 e. The molecule has 5 aromatic rings. The summed E-state index contributed by atoms with van der Waals surface area (Å²) in [6, 6.07) is 33.3. The first-order valence-corrected chi connectivity index (χ1v) is 14.5. The molecule has 1 heterocycles. The van der Waals surface area contributed by atoms with Crippen molar-refractivity contribution in [2.45, 2.75) is 29.3 Å². The molecule has 6 heteroatoms. The van der Waals surface area contributed by atoms with Crippen LogP contribution in [0.1, 0.15) is 41.6 Å². The molecule has 4 nitrogen and oxygen atoms in total. The highest BCUT2D eigenvalue weighted by atomic mass is 127. The summed E-state index contributed by atoms with van der Waals surface area (Å²) in [5.41, 5.74) is 5.53. The molecule has 0 saturated heterocycles. The number of alkyl halides is 1. The van der Waals surface area contributed by atoms with Crippen molar-refractivity contribution in [1.82, 2.24) is 15.2 Å². The van der Waals surface area contributed by atoms with Crippen LogP contribution in [0.3, 0.4) is 0 Å². The van der Waals surface area contributed by atoms with Gasteiger partial charge in [-0.1, -0.05) is 108 Å². The Morgan fingerprint density at radius 1 is 0.897 bits per heavy atom. The van der Waals surface area contributed by atoms with Crippen LogP contribution in [0.25, 0.3) is 21.7 Å². The Balaban J connectivity index is 1.43. The van der Waals surface area contributed by atoms with E-state index in [1.165, 1.54) is 11.1 Å². The average Bonchev–Trinajstić information content (AvgIpc) is 2.93. The van der Waals surface area contributed by atoms with Gasteiger partial charge in [0.2, 0.25) is 0 Å². The molecule has 4 aromatic carbocycles. The Kier molecular flexibility index (Phi) is 8.55. The van der Waals surface area contributed by atoms with Crippen molar-refractivity contribution in [2.24, 2.45) is 0 Å². The van der Waals surface area contributed by atoms with Gasteiger partial charge in [0, 0.05) is 26.2 Å².